The van der Waals surface area contributed by atoms with E-state index >= 15 is 0 Å². The standard InChI is InChI=1S/C68H43NS/c1-5-20-44(21-6-1)50-39-59(46-24-9-3-10-25-46)67-61(41-50)62-42-51(45-22-7-2-8-23-45)40-60(68(62)70-67)48-36-37-54-53-30-17-18-35-63(53)69(64(54)43-48)52-29-19-28-49(38-52)66-57-33-15-13-31-55(57)65(47-26-11-4-12-27-47)56-32-14-16-34-58(56)66/h1-43H. The molecule has 0 fully saturated rings. The number of fused-ring (bicyclic) bond motifs is 8. The summed E-state index contributed by atoms with van der Waals surface area (Å²) < 4.78 is 5.08. The first-order valence-corrected chi connectivity index (χ1v) is 24.9. The van der Waals surface area contributed by atoms with Gasteiger partial charge in [0.2, 0.25) is 0 Å². The molecule has 2 heterocycles. The maximum absolute atomic E-state index is 2.49. The van der Waals surface area contributed by atoms with Crippen LogP contribution in [0.15, 0.2) is 261 Å². The van der Waals surface area contributed by atoms with Gasteiger partial charge < -0.3 is 4.57 Å². The highest BCUT2D eigenvalue weighted by Crippen LogP contribution is 2.49. The van der Waals surface area contributed by atoms with Gasteiger partial charge in [-0.05, 0) is 126 Å². The van der Waals surface area contributed by atoms with Crippen LogP contribution in [0.5, 0.6) is 0 Å². The first-order valence-electron chi connectivity index (χ1n) is 24.1. The number of para-hydroxylation sites is 1. The van der Waals surface area contributed by atoms with Crippen LogP contribution >= 0.6 is 11.3 Å². The van der Waals surface area contributed by atoms with E-state index in [0.717, 1.165) is 5.69 Å². The van der Waals surface area contributed by atoms with Crippen molar-refractivity contribution in [2.45, 2.75) is 0 Å². The number of nitrogens with zero attached hydrogens (tertiary/aromatic N) is 1. The second-order valence-corrected chi connectivity index (χ2v) is 19.4. The number of rotatable bonds is 7. The molecule has 2 heteroatoms. The minimum Gasteiger partial charge on any atom is -0.309 e. The van der Waals surface area contributed by atoms with E-state index in [-0.39, 0.29) is 0 Å². The van der Waals surface area contributed by atoms with Gasteiger partial charge in [-0.15, -0.1) is 11.3 Å². The second-order valence-electron chi connectivity index (χ2n) is 18.3. The van der Waals surface area contributed by atoms with Crippen molar-refractivity contribution in [2.24, 2.45) is 0 Å². The van der Waals surface area contributed by atoms with Crippen LogP contribution in [0.3, 0.4) is 0 Å². The van der Waals surface area contributed by atoms with Crippen molar-refractivity contribution in [1.29, 1.82) is 0 Å². The predicted molar refractivity (Wildman–Crippen MR) is 301 cm³/mol. The van der Waals surface area contributed by atoms with Crippen LogP contribution in [-0.2, 0) is 0 Å². The van der Waals surface area contributed by atoms with Crippen molar-refractivity contribution in [3.05, 3.63) is 261 Å². The molecule has 12 aromatic carbocycles. The molecule has 14 aromatic rings. The predicted octanol–water partition coefficient (Wildman–Crippen LogP) is 19.5. The molecule has 0 spiro atoms. The molecule has 0 atom stereocenters. The molecule has 0 aliphatic carbocycles. The molecule has 2 aromatic heterocycles. The van der Waals surface area contributed by atoms with Crippen LogP contribution < -0.4 is 0 Å². The van der Waals surface area contributed by atoms with Crippen LogP contribution in [0.25, 0.3) is 136 Å². The molecule has 14 rings (SSSR count). The van der Waals surface area contributed by atoms with Gasteiger partial charge in [-0.2, -0.15) is 0 Å². The topological polar surface area (TPSA) is 4.93 Å². The Hall–Kier alpha value is -8.82. The molecule has 0 saturated heterocycles. The Morgan fingerprint density at radius 1 is 0.229 bits per heavy atom. The summed E-state index contributed by atoms with van der Waals surface area (Å²) in [7, 11) is 0. The Morgan fingerprint density at radius 3 is 1.21 bits per heavy atom. The van der Waals surface area contributed by atoms with E-state index in [0.29, 0.717) is 0 Å². The van der Waals surface area contributed by atoms with Gasteiger partial charge >= 0.3 is 0 Å². The highest BCUT2D eigenvalue weighted by Gasteiger charge is 2.22. The molecule has 0 radical (unpaired) electrons. The maximum atomic E-state index is 2.49. The van der Waals surface area contributed by atoms with Crippen LogP contribution in [0.2, 0.25) is 0 Å². The first-order chi connectivity index (χ1) is 34.7. The lowest BCUT2D eigenvalue weighted by Crippen LogP contribution is -1.96. The van der Waals surface area contributed by atoms with E-state index in [9.17, 15) is 0 Å². The number of aromatic nitrogens is 1. The van der Waals surface area contributed by atoms with Crippen LogP contribution in [-0.4, -0.2) is 4.57 Å². The van der Waals surface area contributed by atoms with Crippen molar-refractivity contribution < 1.29 is 0 Å². The average Bonchev–Trinajstić information content (AvgIpc) is 3.98. The highest BCUT2D eigenvalue weighted by atomic mass is 32.1. The molecule has 0 unspecified atom stereocenters. The van der Waals surface area contributed by atoms with Crippen LogP contribution in [0, 0.1) is 0 Å². The first kappa shape index (κ1) is 40.3. The molecule has 1 nitrogen and oxygen atoms in total. The van der Waals surface area contributed by atoms with Crippen LogP contribution in [0.4, 0.5) is 0 Å². The number of thiophene rings is 1. The summed E-state index contributed by atoms with van der Waals surface area (Å²) in [6.07, 6.45) is 0. The normalized spacial score (nSPS) is 11.7. The lowest BCUT2D eigenvalue weighted by Gasteiger charge is -2.18. The SMILES string of the molecule is c1ccc(-c2cc(-c3ccccc3)c3sc4c(-c5ccc6c7ccccc7n(-c7cccc(-c8c9ccccc9c(-c9ccccc9)c9ccccc89)c7)c6c5)cc(-c5ccccc5)cc4c3c2)cc1. The van der Waals surface area contributed by atoms with Gasteiger partial charge in [-0.3, -0.25) is 0 Å². The molecule has 0 N–H and O–H groups in total. The van der Waals surface area contributed by atoms with Gasteiger partial charge in [0, 0.05) is 47.8 Å². The third-order valence-electron chi connectivity index (χ3n) is 14.3. The van der Waals surface area contributed by atoms with Crippen molar-refractivity contribution in [3.8, 4) is 72.4 Å². The molecular formula is C68H43NS. The third kappa shape index (κ3) is 6.53. The van der Waals surface area contributed by atoms with E-state index in [1.54, 1.807) is 0 Å². The Labute approximate surface area is 410 Å². The van der Waals surface area contributed by atoms with Crippen molar-refractivity contribution in [1.82, 2.24) is 4.57 Å². The zero-order chi connectivity index (χ0) is 46.1. The number of hydrogen-bond donors (Lipinski definition) is 0. The fourth-order valence-corrected chi connectivity index (χ4v) is 12.5. The van der Waals surface area contributed by atoms with Crippen molar-refractivity contribution >= 4 is 74.9 Å². The van der Waals surface area contributed by atoms with Gasteiger partial charge in [-0.25, -0.2) is 0 Å². The van der Waals surface area contributed by atoms with Gasteiger partial charge in [0.05, 0.1) is 11.0 Å². The molecule has 70 heavy (non-hydrogen) atoms. The van der Waals surface area contributed by atoms with E-state index < -0.39 is 0 Å². The lowest BCUT2D eigenvalue weighted by atomic mass is 9.86. The Balaban J connectivity index is 1.01. The minimum absolute atomic E-state index is 1.13. The zero-order valence-corrected chi connectivity index (χ0v) is 39.0. The Bertz CT molecular complexity index is 4260. The Morgan fingerprint density at radius 2 is 0.657 bits per heavy atom. The summed E-state index contributed by atoms with van der Waals surface area (Å²) in [6.45, 7) is 0. The summed E-state index contributed by atoms with van der Waals surface area (Å²) >= 11 is 1.92. The summed E-state index contributed by atoms with van der Waals surface area (Å²) in [5, 5.41) is 10.0. The Kier molecular flexibility index (Phi) is 9.46. The smallest absolute Gasteiger partial charge is 0.0547 e. The largest absolute Gasteiger partial charge is 0.309 e. The van der Waals surface area contributed by atoms with Gasteiger partial charge in [0.15, 0.2) is 0 Å². The van der Waals surface area contributed by atoms with E-state index in [2.05, 4.69) is 265 Å². The summed E-state index contributed by atoms with van der Waals surface area (Å²) in [5.74, 6) is 0. The zero-order valence-electron chi connectivity index (χ0n) is 38.2. The summed E-state index contributed by atoms with van der Waals surface area (Å²) in [5.41, 5.74) is 18.2. The number of benzene rings is 12. The second kappa shape index (κ2) is 16.5. The molecule has 326 valence electrons. The van der Waals surface area contributed by atoms with Gasteiger partial charge in [0.25, 0.3) is 0 Å². The fourth-order valence-electron chi connectivity index (χ4n) is 11.2. The molecule has 0 amide bonds. The maximum Gasteiger partial charge on any atom is 0.0547 e. The van der Waals surface area contributed by atoms with Crippen molar-refractivity contribution in [2.75, 3.05) is 0 Å². The summed E-state index contributed by atoms with van der Waals surface area (Å²) in [6, 6.07) is 96.2. The minimum atomic E-state index is 1.13. The molecule has 0 bridgehead atoms. The van der Waals surface area contributed by atoms with Crippen molar-refractivity contribution in [3.63, 3.8) is 0 Å². The quantitative estimate of drug-likeness (QED) is 0.140. The monoisotopic (exact) mass is 905 g/mol. The third-order valence-corrected chi connectivity index (χ3v) is 15.6. The average molecular weight is 906 g/mol. The highest BCUT2D eigenvalue weighted by molar-refractivity contribution is 7.27. The van der Waals surface area contributed by atoms with E-state index in [1.807, 2.05) is 11.3 Å². The molecule has 0 aliphatic heterocycles. The van der Waals surface area contributed by atoms with E-state index in [4.69, 9.17) is 0 Å². The summed E-state index contributed by atoms with van der Waals surface area (Å²) in [4.78, 5) is 0. The number of hydrogen-bond acceptors (Lipinski definition) is 1. The fraction of sp³-hybridized carbons (Fsp3) is 0. The van der Waals surface area contributed by atoms with Crippen LogP contribution in [0.1, 0.15) is 0 Å². The van der Waals surface area contributed by atoms with E-state index in [1.165, 1.54) is 130 Å². The molecule has 0 saturated carbocycles. The molecule has 0 aliphatic rings. The lowest BCUT2D eigenvalue weighted by molar-refractivity contribution is 1.18. The van der Waals surface area contributed by atoms with Gasteiger partial charge in [0.1, 0.15) is 0 Å². The molecular weight excluding hydrogens is 863 g/mol. The van der Waals surface area contributed by atoms with Gasteiger partial charge in [-0.1, -0.05) is 212 Å².